The number of hydrogen-bond acceptors (Lipinski definition) is 5. The Hall–Kier alpha value is -2.58. The van der Waals surface area contributed by atoms with Crippen molar-refractivity contribution in [1.82, 2.24) is 9.80 Å². The molecule has 2 atom stereocenters. The highest BCUT2D eigenvalue weighted by molar-refractivity contribution is 7.91. The van der Waals surface area contributed by atoms with E-state index in [1.165, 1.54) is 24.3 Å². The van der Waals surface area contributed by atoms with Crippen molar-refractivity contribution in [1.29, 1.82) is 0 Å². The average Bonchev–Trinajstić information content (AvgIpc) is 3.18. The Morgan fingerprint density at radius 1 is 0.903 bits per heavy atom. The predicted molar refractivity (Wildman–Crippen MR) is 115 cm³/mol. The largest absolute Gasteiger partial charge is 0.340 e. The van der Waals surface area contributed by atoms with E-state index in [2.05, 4.69) is 4.90 Å². The Labute approximate surface area is 181 Å². The third kappa shape index (κ3) is 5.02. The Bertz CT molecular complexity index is 1040. The van der Waals surface area contributed by atoms with E-state index in [9.17, 15) is 22.4 Å². The van der Waals surface area contributed by atoms with Crippen LogP contribution in [0.4, 0.5) is 4.39 Å². The minimum absolute atomic E-state index is 0.0459. The zero-order valence-corrected chi connectivity index (χ0v) is 17.9. The van der Waals surface area contributed by atoms with Gasteiger partial charge in [-0.05, 0) is 29.8 Å². The number of hydrogen-bond donors (Lipinski definition) is 0. The zero-order chi connectivity index (χ0) is 22.0. The molecule has 2 heterocycles. The monoisotopic (exact) mass is 444 g/mol. The lowest BCUT2D eigenvalue weighted by atomic mass is 9.87. The Kier molecular flexibility index (Phi) is 6.20. The molecule has 0 aliphatic carbocycles. The normalized spacial score (nSPS) is 23.6. The van der Waals surface area contributed by atoms with E-state index in [0.717, 1.165) is 5.56 Å². The molecule has 0 N–H and O–H groups in total. The summed E-state index contributed by atoms with van der Waals surface area (Å²) in [6, 6.07) is 15.2. The van der Waals surface area contributed by atoms with Gasteiger partial charge in [-0.3, -0.25) is 14.5 Å². The molecule has 2 aromatic rings. The molecule has 2 aliphatic heterocycles. The summed E-state index contributed by atoms with van der Waals surface area (Å²) in [6.45, 7) is 1.79. The third-order valence-corrected chi connectivity index (χ3v) is 7.69. The van der Waals surface area contributed by atoms with Crippen LogP contribution in [0, 0.1) is 17.7 Å². The lowest BCUT2D eigenvalue weighted by molar-refractivity contribution is -0.135. The van der Waals surface area contributed by atoms with Gasteiger partial charge >= 0.3 is 0 Å². The summed E-state index contributed by atoms with van der Waals surface area (Å²) in [5.41, 5.74) is 1.47. The highest BCUT2D eigenvalue weighted by atomic mass is 32.2. The number of likely N-dealkylation sites (tertiary alicyclic amines) is 1. The van der Waals surface area contributed by atoms with Gasteiger partial charge < -0.3 is 4.90 Å². The Balaban J connectivity index is 1.55. The van der Waals surface area contributed by atoms with Crippen molar-refractivity contribution in [2.24, 2.45) is 11.8 Å². The number of benzene rings is 2. The molecule has 2 fully saturated rings. The van der Waals surface area contributed by atoms with Crippen LogP contribution in [0.1, 0.15) is 15.9 Å². The highest BCUT2D eigenvalue weighted by Crippen LogP contribution is 2.30. The number of carbonyl (C=O) groups is 2. The first-order chi connectivity index (χ1) is 14.8. The number of carbonyl (C=O) groups excluding carboxylic acids is 2. The fourth-order valence-corrected chi connectivity index (χ4v) is 5.57. The van der Waals surface area contributed by atoms with Gasteiger partial charge in [0.25, 0.3) is 0 Å². The summed E-state index contributed by atoms with van der Waals surface area (Å²) in [5, 5.41) is 0. The second kappa shape index (κ2) is 8.88. The average molecular weight is 445 g/mol. The molecule has 0 saturated carbocycles. The number of Topliss-reactive ketones (excluding diaryl/α,β-unsaturated/α-hetero) is 1. The van der Waals surface area contributed by atoms with Gasteiger partial charge in [0, 0.05) is 44.2 Å². The van der Waals surface area contributed by atoms with Crippen LogP contribution in [0.3, 0.4) is 0 Å². The first-order valence-electron chi connectivity index (χ1n) is 10.4. The van der Waals surface area contributed by atoms with Gasteiger partial charge in [0.1, 0.15) is 5.82 Å². The molecule has 8 heteroatoms. The number of sulfone groups is 1. The van der Waals surface area contributed by atoms with Crippen molar-refractivity contribution >= 4 is 21.5 Å². The number of halogens is 1. The molecule has 0 bridgehead atoms. The van der Waals surface area contributed by atoms with Crippen molar-refractivity contribution in [2.45, 2.75) is 6.54 Å². The molecular formula is C23H25FN2O4S. The van der Waals surface area contributed by atoms with E-state index >= 15 is 0 Å². The van der Waals surface area contributed by atoms with Crippen molar-refractivity contribution in [3.63, 3.8) is 0 Å². The van der Waals surface area contributed by atoms with Crippen LogP contribution in [0.25, 0.3) is 0 Å². The quantitative estimate of drug-likeness (QED) is 0.660. The van der Waals surface area contributed by atoms with Crippen LogP contribution in [0.5, 0.6) is 0 Å². The van der Waals surface area contributed by atoms with E-state index in [1.54, 1.807) is 4.90 Å². The summed E-state index contributed by atoms with van der Waals surface area (Å²) in [5.74, 6) is -1.98. The van der Waals surface area contributed by atoms with Crippen LogP contribution in [-0.2, 0) is 21.2 Å². The smallest absolute Gasteiger partial charge is 0.227 e. The second-order valence-corrected chi connectivity index (χ2v) is 10.5. The number of ketones is 1. The summed E-state index contributed by atoms with van der Waals surface area (Å²) >= 11 is 0. The molecule has 2 aliphatic rings. The molecule has 1 amide bonds. The van der Waals surface area contributed by atoms with Crippen LogP contribution >= 0.6 is 0 Å². The maximum atomic E-state index is 13.3. The van der Waals surface area contributed by atoms with Gasteiger partial charge in [-0.1, -0.05) is 30.3 Å². The first kappa shape index (κ1) is 21.6. The van der Waals surface area contributed by atoms with Crippen LogP contribution in [0.15, 0.2) is 54.6 Å². The van der Waals surface area contributed by atoms with Gasteiger partial charge in [0.2, 0.25) is 5.91 Å². The van der Waals surface area contributed by atoms with Gasteiger partial charge in [0.05, 0.1) is 17.4 Å². The minimum Gasteiger partial charge on any atom is -0.340 e. The van der Waals surface area contributed by atoms with E-state index in [4.69, 9.17) is 0 Å². The summed E-state index contributed by atoms with van der Waals surface area (Å²) in [6.07, 6.45) is 0. The molecule has 0 radical (unpaired) electrons. The van der Waals surface area contributed by atoms with Gasteiger partial charge in [-0.25, -0.2) is 12.8 Å². The van der Waals surface area contributed by atoms with Gasteiger partial charge in [-0.2, -0.15) is 0 Å². The summed E-state index contributed by atoms with van der Waals surface area (Å²) < 4.78 is 36.8. The maximum Gasteiger partial charge on any atom is 0.227 e. The molecule has 6 nitrogen and oxygen atoms in total. The molecular weight excluding hydrogens is 419 g/mol. The van der Waals surface area contributed by atoms with Crippen molar-refractivity contribution < 1.29 is 22.4 Å². The molecule has 0 aromatic heterocycles. The number of amides is 1. The summed E-state index contributed by atoms with van der Waals surface area (Å²) in [4.78, 5) is 30.2. The van der Waals surface area contributed by atoms with Crippen LogP contribution < -0.4 is 0 Å². The number of nitrogens with zero attached hydrogens (tertiary/aromatic N) is 2. The SMILES string of the molecule is O=C(c1ccc(F)cc1)[C@@H]1CN(Cc2ccccc2)C[C@H]1C(=O)N1CCS(=O)(=O)CC1. The van der Waals surface area contributed by atoms with Gasteiger partial charge in [-0.15, -0.1) is 0 Å². The van der Waals surface area contributed by atoms with Crippen molar-refractivity contribution in [3.05, 3.63) is 71.5 Å². The lowest BCUT2D eigenvalue weighted by Gasteiger charge is -2.30. The molecule has 2 saturated heterocycles. The van der Waals surface area contributed by atoms with Gasteiger partial charge in [0.15, 0.2) is 15.6 Å². The lowest BCUT2D eigenvalue weighted by Crippen LogP contribution is -2.48. The molecule has 0 spiro atoms. The standard InChI is InChI=1S/C23H25FN2O4S/c24-19-8-6-18(7-9-19)22(27)20-15-25(14-17-4-2-1-3-5-17)16-21(20)23(28)26-10-12-31(29,30)13-11-26/h1-9,20-21H,10-16H2/t20-,21-/m1/s1. The van der Waals surface area contributed by atoms with E-state index in [1.807, 2.05) is 30.3 Å². The Morgan fingerprint density at radius 2 is 1.52 bits per heavy atom. The highest BCUT2D eigenvalue weighted by Gasteiger charge is 2.44. The number of rotatable bonds is 5. The Morgan fingerprint density at radius 3 is 2.16 bits per heavy atom. The second-order valence-electron chi connectivity index (χ2n) is 8.24. The first-order valence-corrected chi connectivity index (χ1v) is 12.2. The molecule has 0 unspecified atom stereocenters. The van der Waals surface area contributed by atoms with Crippen molar-refractivity contribution in [3.8, 4) is 0 Å². The topological polar surface area (TPSA) is 74.8 Å². The fraction of sp³-hybridized carbons (Fsp3) is 0.391. The molecule has 2 aromatic carbocycles. The summed E-state index contributed by atoms with van der Waals surface area (Å²) in [7, 11) is -3.11. The minimum atomic E-state index is -3.11. The third-order valence-electron chi connectivity index (χ3n) is 6.08. The van der Waals surface area contributed by atoms with E-state index < -0.39 is 27.5 Å². The zero-order valence-electron chi connectivity index (χ0n) is 17.1. The van der Waals surface area contributed by atoms with Crippen LogP contribution in [0.2, 0.25) is 0 Å². The fourth-order valence-electron chi connectivity index (χ4n) is 4.37. The molecule has 4 rings (SSSR count). The van der Waals surface area contributed by atoms with Crippen LogP contribution in [-0.4, -0.2) is 67.6 Å². The predicted octanol–water partition coefficient (Wildman–Crippen LogP) is 2.01. The van der Waals surface area contributed by atoms with Crippen molar-refractivity contribution in [2.75, 3.05) is 37.7 Å². The molecule has 164 valence electrons. The van der Waals surface area contributed by atoms with E-state index in [-0.39, 0.29) is 36.3 Å². The maximum absolute atomic E-state index is 13.3. The molecule has 31 heavy (non-hydrogen) atoms. The van der Waals surface area contributed by atoms with E-state index in [0.29, 0.717) is 25.2 Å².